The molecule has 0 saturated heterocycles. The van der Waals surface area contributed by atoms with Gasteiger partial charge in [-0.25, -0.2) is 4.79 Å². The maximum Gasteiger partial charge on any atom is 0.326 e. The molecule has 1 atom stereocenters. The number of aliphatic carboxylic acids is 1. The van der Waals surface area contributed by atoms with Gasteiger partial charge in [0.25, 0.3) is 0 Å². The minimum atomic E-state index is -1.01. The average molecular weight is 279 g/mol. The van der Waals surface area contributed by atoms with E-state index in [0.29, 0.717) is 18.4 Å². The number of amides is 1. The molecule has 5 nitrogen and oxygen atoms in total. The van der Waals surface area contributed by atoms with Gasteiger partial charge in [-0.05, 0) is 24.5 Å². The Balaban J connectivity index is 2.46. The van der Waals surface area contributed by atoms with Crippen LogP contribution in [0, 0.1) is 0 Å². The third kappa shape index (κ3) is 5.30. The smallest absolute Gasteiger partial charge is 0.326 e. The predicted octanol–water partition coefficient (Wildman–Crippen LogP) is 2.08. The SMILES string of the molecule is CCCC[C@H](NC(=O)CCc1ccccc1O)C(=O)O. The number of phenols is 1. The van der Waals surface area contributed by atoms with Crippen LogP contribution in [0.25, 0.3) is 0 Å². The highest BCUT2D eigenvalue weighted by molar-refractivity contribution is 5.83. The molecule has 0 aliphatic carbocycles. The van der Waals surface area contributed by atoms with Crippen molar-refractivity contribution in [2.75, 3.05) is 0 Å². The molecule has 0 radical (unpaired) electrons. The quantitative estimate of drug-likeness (QED) is 0.680. The molecule has 0 fully saturated rings. The van der Waals surface area contributed by atoms with E-state index in [1.165, 1.54) is 0 Å². The first-order valence-corrected chi connectivity index (χ1v) is 6.83. The van der Waals surface area contributed by atoms with E-state index >= 15 is 0 Å². The van der Waals surface area contributed by atoms with E-state index in [1.807, 2.05) is 6.92 Å². The van der Waals surface area contributed by atoms with Gasteiger partial charge in [0.05, 0.1) is 0 Å². The molecule has 0 aliphatic heterocycles. The minimum Gasteiger partial charge on any atom is -0.508 e. The zero-order valence-corrected chi connectivity index (χ0v) is 11.6. The van der Waals surface area contributed by atoms with Crippen LogP contribution in [0.5, 0.6) is 5.75 Å². The molecule has 1 rings (SSSR count). The van der Waals surface area contributed by atoms with Crippen LogP contribution in [0.4, 0.5) is 0 Å². The first-order chi connectivity index (χ1) is 9.54. The van der Waals surface area contributed by atoms with Crippen molar-refractivity contribution < 1.29 is 19.8 Å². The summed E-state index contributed by atoms with van der Waals surface area (Å²) in [6.07, 6.45) is 2.63. The number of aryl methyl sites for hydroxylation is 1. The van der Waals surface area contributed by atoms with Crippen molar-refractivity contribution >= 4 is 11.9 Å². The number of hydrogen-bond donors (Lipinski definition) is 3. The monoisotopic (exact) mass is 279 g/mol. The van der Waals surface area contributed by atoms with E-state index in [9.17, 15) is 14.7 Å². The van der Waals surface area contributed by atoms with Crippen molar-refractivity contribution in [2.24, 2.45) is 0 Å². The predicted molar refractivity (Wildman–Crippen MR) is 75.5 cm³/mol. The highest BCUT2D eigenvalue weighted by atomic mass is 16.4. The van der Waals surface area contributed by atoms with Gasteiger partial charge >= 0.3 is 5.97 Å². The van der Waals surface area contributed by atoms with Crippen molar-refractivity contribution in [3.63, 3.8) is 0 Å². The Labute approximate surface area is 118 Å². The number of nitrogens with one attached hydrogen (secondary N) is 1. The average Bonchev–Trinajstić information content (AvgIpc) is 2.42. The molecule has 0 heterocycles. The minimum absolute atomic E-state index is 0.154. The summed E-state index contributed by atoms with van der Waals surface area (Å²) < 4.78 is 0. The topological polar surface area (TPSA) is 86.6 Å². The van der Waals surface area contributed by atoms with Gasteiger partial charge in [-0.2, -0.15) is 0 Å². The number of hydrogen-bond acceptors (Lipinski definition) is 3. The van der Waals surface area contributed by atoms with E-state index in [0.717, 1.165) is 12.8 Å². The van der Waals surface area contributed by atoms with Gasteiger partial charge in [0.1, 0.15) is 11.8 Å². The Bertz CT molecular complexity index is 459. The third-order valence-corrected chi connectivity index (χ3v) is 3.09. The molecular formula is C15H21NO4. The van der Waals surface area contributed by atoms with Crippen LogP contribution in [-0.2, 0) is 16.0 Å². The first kappa shape index (κ1) is 16.0. The van der Waals surface area contributed by atoms with Crippen LogP contribution in [0.1, 0.15) is 38.2 Å². The van der Waals surface area contributed by atoms with E-state index in [-0.39, 0.29) is 18.1 Å². The number of benzene rings is 1. The van der Waals surface area contributed by atoms with Crippen LogP contribution in [-0.4, -0.2) is 28.1 Å². The van der Waals surface area contributed by atoms with E-state index in [2.05, 4.69) is 5.32 Å². The standard InChI is InChI=1S/C15H21NO4/c1-2-3-7-12(15(19)20)16-14(18)10-9-11-6-4-5-8-13(11)17/h4-6,8,12,17H,2-3,7,9-10H2,1H3,(H,16,18)(H,19,20)/t12-/m0/s1. The lowest BCUT2D eigenvalue weighted by atomic mass is 10.1. The molecule has 1 aromatic carbocycles. The number of carboxylic acids is 1. The maximum atomic E-state index is 11.7. The number of unbranched alkanes of at least 4 members (excludes halogenated alkanes) is 1. The summed E-state index contributed by atoms with van der Waals surface area (Å²) in [7, 11) is 0. The fraction of sp³-hybridized carbons (Fsp3) is 0.467. The second-order valence-corrected chi connectivity index (χ2v) is 4.73. The van der Waals surface area contributed by atoms with Gasteiger partial charge in [0.15, 0.2) is 0 Å². The number of aromatic hydroxyl groups is 1. The maximum absolute atomic E-state index is 11.7. The lowest BCUT2D eigenvalue weighted by Crippen LogP contribution is -2.40. The van der Waals surface area contributed by atoms with Crippen molar-refractivity contribution in [1.29, 1.82) is 0 Å². The molecule has 20 heavy (non-hydrogen) atoms. The summed E-state index contributed by atoms with van der Waals surface area (Å²) in [5.41, 5.74) is 0.683. The van der Waals surface area contributed by atoms with Crippen molar-refractivity contribution in [3.05, 3.63) is 29.8 Å². The van der Waals surface area contributed by atoms with Crippen LogP contribution in [0.3, 0.4) is 0 Å². The number of carbonyl (C=O) groups excluding carboxylic acids is 1. The lowest BCUT2D eigenvalue weighted by Gasteiger charge is -2.14. The molecule has 0 saturated carbocycles. The first-order valence-electron chi connectivity index (χ1n) is 6.83. The second-order valence-electron chi connectivity index (χ2n) is 4.73. The van der Waals surface area contributed by atoms with Crippen molar-refractivity contribution in [1.82, 2.24) is 5.32 Å². The molecule has 0 spiro atoms. The van der Waals surface area contributed by atoms with Gasteiger partial charge in [-0.3, -0.25) is 4.79 Å². The highest BCUT2D eigenvalue weighted by Gasteiger charge is 2.19. The molecule has 3 N–H and O–H groups in total. The lowest BCUT2D eigenvalue weighted by molar-refractivity contribution is -0.142. The Hall–Kier alpha value is -2.04. The summed E-state index contributed by atoms with van der Waals surface area (Å²) in [4.78, 5) is 22.8. The van der Waals surface area contributed by atoms with Gasteiger partial charge < -0.3 is 15.5 Å². The largest absolute Gasteiger partial charge is 0.508 e. The number of carbonyl (C=O) groups is 2. The normalized spacial score (nSPS) is 11.8. The highest BCUT2D eigenvalue weighted by Crippen LogP contribution is 2.17. The molecule has 0 unspecified atom stereocenters. The second kappa shape index (κ2) is 8.19. The van der Waals surface area contributed by atoms with E-state index in [1.54, 1.807) is 24.3 Å². The van der Waals surface area contributed by atoms with Gasteiger partial charge in [-0.15, -0.1) is 0 Å². The molecule has 1 aromatic rings. The van der Waals surface area contributed by atoms with Crippen LogP contribution in [0.15, 0.2) is 24.3 Å². The van der Waals surface area contributed by atoms with Gasteiger partial charge in [-0.1, -0.05) is 38.0 Å². The molecule has 1 amide bonds. The fourth-order valence-corrected chi connectivity index (χ4v) is 1.90. The molecule has 0 aromatic heterocycles. The van der Waals surface area contributed by atoms with E-state index < -0.39 is 12.0 Å². The molecule has 0 bridgehead atoms. The Morgan fingerprint density at radius 3 is 2.60 bits per heavy atom. The van der Waals surface area contributed by atoms with Crippen molar-refractivity contribution in [3.8, 4) is 5.75 Å². The molecular weight excluding hydrogens is 258 g/mol. The van der Waals surface area contributed by atoms with Gasteiger partial charge in [0, 0.05) is 6.42 Å². The van der Waals surface area contributed by atoms with Crippen LogP contribution in [0.2, 0.25) is 0 Å². The Kier molecular flexibility index (Phi) is 6.56. The summed E-state index contributed by atoms with van der Waals surface area (Å²) in [6.45, 7) is 1.97. The fourth-order valence-electron chi connectivity index (χ4n) is 1.90. The van der Waals surface area contributed by atoms with E-state index in [4.69, 9.17) is 5.11 Å². The van der Waals surface area contributed by atoms with Crippen LogP contribution >= 0.6 is 0 Å². The van der Waals surface area contributed by atoms with Crippen LogP contribution < -0.4 is 5.32 Å². The number of para-hydroxylation sites is 1. The van der Waals surface area contributed by atoms with Gasteiger partial charge in [0.2, 0.25) is 5.91 Å². The summed E-state index contributed by atoms with van der Waals surface area (Å²) >= 11 is 0. The molecule has 0 aliphatic rings. The molecule has 5 heteroatoms. The zero-order chi connectivity index (χ0) is 15.0. The Morgan fingerprint density at radius 1 is 1.30 bits per heavy atom. The number of rotatable bonds is 8. The summed E-state index contributed by atoms with van der Waals surface area (Å²) in [5.74, 6) is -1.16. The summed E-state index contributed by atoms with van der Waals surface area (Å²) in [6, 6.07) is 5.98. The van der Waals surface area contributed by atoms with Crippen molar-refractivity contribution in [2.45, 2.75) is 45.1 Å². The summed E-state index contributed by atoms with van der Waals surface area (Å²) in [5, 5.41) is 21.1. The Morgan fingerprint density at radius 2 is 2.00 bits per heavy atom. The third-order valence-electron chi connectivity index (χ3n) is 3.09. The number of carboxylic acid groups (broad SMARTS) is 1. The zero-order valence-electron chi connectivity index (χ0n) is 11.6. The number of phenolic OH excluding ortho intramolecular Hbond substituents is 1. The molecule has 110 valence electrons.